The van der Waals surface area contributed by atoms with E-state index in [4.69, 9.17) is 0 Å². The van der Waals surface area contributed by atoms with E-state index in [-0.39, 0.29) is 11.8 Å². The molecule has 0 fully saturated rings. The number of nitrogens with zero attached hydrogens (tertiary/aromatic N) is 2. The Morgan fingerprint density at radius 3 is 2.59 bits per heavy atom. The number of sulfonamides is 1. The van der Waals surface area contributed by atoms with Crippen LogP contribution < -0.4 is 10.0 Å². The Morgan fingerprint density at radius 1 is 1.35 bits per heavy atom. The molecule has 17 heavy (non-hydrogen) atoms. The summed E-state index contributed by atoms with van der Waals surface area (Å²) in [6.45, 7) is 4.19. The molecule has 0 aliphatic carbocycles. The number of aromatic nitrogens is 2. The van der Waals surface area contributed by atoms with Crippen molar-refractivity contribution in [1.29, 1.82) is 0 Å². The quantitative estimate of drug-likeness (QED) is 0.749. The van der Waals surface area contributed by atoms with Crippen molar-refractivity contribution in [3.8, 4) is 0 Å². The lowest BCUT2D eigenvalue weighted by molar-refractivity contribution is 0.557. The van der Waals surface area contributed by atoms with Crippen LogP contribution in [0.4, 0.5) is 0 Å². The van der Waals surface area contributed by atoms with Gasteiger partial charge in [-0.1, -0.05) is 0 Å². The monoisotopic (exact) mass is 258 g/mol. The summed E-state index contributed by atoms with van der Waals surface area (Å²) < 4.78 is 24.7. The lowest BCUT2D eigenvalue weighted by Gasteiger charge is -2.14. The molecule has 0 aromatic carbocycles. The van der Waals surface area contributed by atoms with Gasteiger partial charge in [-0.15, -0.1) is 0 Å². The van der Waals surface area contributed by atoms with Gasteiger partial charge in [0.2, 0.25) is 10.0 Å². The molecule has 0 saturated carbocycles. The lowest BCUT2D eigenvalue weighted by Crippen LogP contribution is -2.31. The molecule has 0 amide bonds. The molecule has 1 rings (SSSR count). The first-order valence-electron chi connectivity index (χ1n) is 5.38. The zero-order valence-corrected chi connectivity index (χ0v) is 11.1. The van der Waals surface area contributed by atoms with Gasteiger partial charge in [-0.3, -0.25) is 9.97 Å². The highest BCUT2D eigenvalue weighted by atomic mass is 32.2. The summed E-state index contributed by atoms with van der Waals surface area (Å²) in [5.74, 6) is 0.0488. The molecule has 0 bridgehead atoms. The van der Waals surface area contributed by atoms with E-state index in [1.807, 2.05) is 13.8 Å². The molecule has 96 valence electrons. The largest absolute Gasteiger partial charge is 0.308 e. The summed E-state index contributed by atoms with van der Waals surface area (Å²) >= 11 is 0. The second-order valence-corrected chi connectivity index (χ2v) is 5.77. The topological polar surface area (TPSA) is 84.0 Å². The summed E-state index contributed by atoms with van der Waals surface area (Å²) in [7, 11) is -1.75. The van der Waals surface area contributed by atoms with E-state index >= 15 is 0 Å². The van der Waals surface area contributed by atoms with Crippen molar-refractivity contribution in [3.63, 3.8) is 0 Å². The molecule has 0 spiro atoms. The minimum atomic E-state index is -3.16. The third-order valence-corrected chi connectivity index (χ3v) is 3.83. The maximum atomic E-state index is 11.2. The smallest absolute Gasteiger partial charge is 0.212 e. The van der Waals surface area contributed by atoms with Gasteiger partial charge in [-0.2, -0.15) is 0 Å². The Balaban J connectivity index is 2.51. The van der Waals surface area contributed by atoms with E-state index in [1.54, 1.807) is 12.4 Å². The van der Waals surface area contributed by atoms with Crippen molar-refractivity contribution in [1.82, 2.24) is 20.0 Å². The minimum absolute atomic E-state index is 0.0178. The number of aryl methyl sites for hydroxylation is 1. The van der Waals surface area contributed by atoms with Crippen LogP contribution in [-0.2, 0) is 10.0 Å². The summed E-state index contributed by atoms with van der Waals surface area (Å²) in [5.41, 5.74) is 1.69. The summed E-state index contributed by atoms with van der Waals surface area (Å²) in [6, 6.07) is -0.0178. The third-order valence-electron chi connectivity index (χ3n) is 2.46. The van der Waals surface area contributed by atoms with Gasteiger partial charge in [-0.05, 0) is 20.9 Å². The molecule has 2 N–H and O–H groups in total. The zero-order chi connectivity index (χ0) is 12.9. The van der Waals surface area contributed by atoms with Crippen LogP contribution >= 0.6 is 0 Å². The first-order chi connectivity index (χ1) is 7.96. The molecule has 7 heteroatoms. The molecule has 1 aromatic heterocycles. The molecule has 1 unspecified atom stereocenters. The maximum Gasteiger partial charge on any atom is 0.212 e. The van der Waals surface area contributed by atoms with Gasteiger partial charge in [0.25, 0.3) is 0 Å². The Bertz CT molecular complexity index is 461. The fourth-order valence-corrected chi connectivity index (χ4v) is 2.04. The predicted octanol–water partition coefficient (Wildman–Crippen LogP) is -0.0152. The average Bonchev–Trinajstić information content (AvgIpc) is 2.29. The fourth-order valence-electron chi connectivity index (χ4n) is 1.45. The van der Waals surface area contributed by atoms with E-state index in [2.05, 4.69) is 20.0 Å². The van der Waals surface area contributed by atoms with Crippen molar-refractivity contribution < 1.29 is 8.42 Å². The minimum Gasteiger partial charge on any atom is -0.308 e. The predicted molar refractivity (Wildman–Crippen MR) is 66.0 cm³/mol. The number of hydrogen-bond donors (Lipinski definition) is 2. The lowest BCUT2D eigenvalue weighted by atomic mass is 10.2. The van der Waals surface area contributed by atoms with E-state index in [0.717, 1.165) is 11.4 Å². The highest BCUT2D eigenvalue weighted by Crippen LogP contribution is 2.10. The normalized spacial score (nSPS) is 13.6. The van der Waals surface area contributed by atoms with E-state index < -0.39 is 10.0 Å². The first-order valence-corrected chi connectivity index (χ1v) is 7.03. The van der Waals surface area contributed by atoms with Crippen LogP contribution in [0.1, 0.15) is 24.4 Å². The van der Waals surface area contributed by atoms with E-state index in [0.29, 0.717) is 6.54 Å². The molecule has 0 radical (unpaired) electrons. The van der Waals surface area contributed by atoms with Gasteiger partial charge >= 0.3 is 0 Å². The van der Waals surface area contributed by atoms with Gasteiger partial charge in [0.1, 0.15) is 0 Å². The van der Waals surface area contributed by atoms with E-state index in [9.17, 15) is 8.42 Å². The van der Waals surface area contributed by atoms with Crippen molar-refractivity contribution in [2.24, 2.45) is 0 Å². The van der Waals surface area contributed by atoms with Gasteiger partial charge in [0.05, 0.1) is 17.1 Å². The summed E-state index contributed by atoms with van der Waals surface area (Å²) in [5, 5.41) is 3.11. The Morgan fingerprint density at radius 2 is 2.00 bits per heavy atom. The van der Waals surface area contributed by atoms with Crippen molar-refractivity contribution in [2.45, 2.75) is 19.9 Å². The van der Waals surface area contributed by atoms with Crippen LogP contribution in [0.2, 0.25) is 0 Å². The van der Waals surface area contributed by atoms with Crippen LogP contribution in [0, 0.1) is 6.92 Å². The molecule has 1 heterocycles. The van der Waals surface area contributed by atoms with Crippen LogP contribution in [0.15, 0.2) is 12.4 Å². The maximum absolute atomic E-state index is 11.2. The Hall–Kier alpha value is -1.05. The number of hydrogen-bond acceptors (Lipinski definition) is 5. The standard InChI is InChI=1S/C10H18N4O2S/c1-8-10(14-5-4-12-8)9(2)13-6-7-17(15,16)11-3/h4-5,9,11,13H,6-7H2,1-3H3. The molecule has 0 saturated heterocycles. The van der Waals surface area contributed by atoms with Crippen molar-refractivity contribution >= 4 is 10.0 Å². The molecular weight excluding hydrogens is 240 g/mol. The Labute approximate surface area is 102 Å². The molecule has 1 atom stereocenters. The van der Waals surface area contributed by atoms with Gasteiger partial charge < -0.3 is 5.32 Å². The first kappa shape index (κ1) is 14.0. The molecule has 0 aliphatic rings. The molecule has 0 aliphatic heterocycles. The highest BCUT2D eigenvalue weighted by Gasteiger charge is 2.12. The van der Waals surface area contributed by atoms with Gasteiger partial charge in [-0.25, -0.2) is 13.1 Å². The third kappa shape index (κ3) is 4.37. The number of nitrogens with one attached hydrogen (secondary N) is 2. The molecule has 6 nitrogen and oxygen atoms in total. The second-order valence-electron chi connectivity index (χ2n) is 3.73. The van der Waals surface area contributed by atoms with Crippen LogP contribution in [0.3, 0.4) is 0 Å². The molecular formula is C10H18N4O2S. The second kappa shape index (κ2) is 6.04. The van der Waals surface area contributed by atoms with Crippen LogP contribution in [-0.4, -0.2) is 37.7 Å². The number of rotatable bonds is 6. The van der Waals surface area contributed by atoms with Crippen molar-refractivity contribution in [2.75, 3.05) is 19.3 Å². The fraction of sp³-hybridized carbons (Fsp3) is 0.600. The highest BCUT2D eigenvalue weighted by molar-refractivity contribution is 7.89. The zero-order valence-electron chi connectivity index (χ0n) is 10.3. The van der Waals surface area contributed by atoms with Gasteiger partial charge in [0.15, 0.2) is 0 Å². The van der Waals surface area contributed by atoms with Crippen LogP contribution in [0.25, 0.3) is 0 Å². The molecule has 1 aromatic rings. The summed E-state index contributed by atoms with van der Waals surface area (Å²) in [4.78, 5) is 8.36. The summed E-state index contributed by atoms with van der Waals surface area (Å²) in [6.07, 6.45) is 3.27. The van der Waals surface area contributed by atoms with Crippen molar-refractivity contribution in [3.05, 3.63) is 23.8 Å². The van der Waals surface area contributed by atoms with Gasteiger partial charge in [0, 0.05) is 25.0 Å². The van der Waals surface area contributed by atoms with E-state index in [1.165, 1.54) is 7.05 Å². The Kier molecular flexibility index (Phi) is 4.98. The SMILES string of the molecule is CNS(=O)(=O)CCNC(C)c1nccnc1C. The van der Waals surface area contributed by atoms with Crippen LogP contribution in [0.5, 0.6) is 0 Å². The average molecular weight is 258 g/mol.